The van der Waals surface area contributed by atoms with Gasteiger partial charge < -0.3 is 4.90 Å². The first kappa shape index (κ1) is 22.6. The van der Waals surface area contributed by atoms with Crippen molar-refractivity contribution >= 4 is 43.2 Å². The van der Waals surface area contributed by atoms with Crippen LogP contribution in [-0.4, -0.2) is 37.3 Å². The van der Waals surface area contributed by atoms with Crippen LogP contribution in [0.3, 0.4) is 0 Å². The largest absolute Gasteiger partial charge is 0.339 e. The lowest BCUT2D eigenvalue weighted by atomic mass is 9.97. The van der Waals surface area contributed by atoms with Gasteiger partial charge in [0.1, 0.15) is 0 Å². The Hall–Kier alpha value is -3.23. The minimum atomic E-state index is -3.73. The maximum absolute atomic E-state index is 13.0. The number of carbonyl (C=O) groups excluding carboxylic acids is 1. The van der Waals surface area contributed by atoms with Gasteiger partial charge in [-0.1, -0.05) is 30.3 Å². The van der Waals surface area contributed by atoms with E-state index in [9.17, 15) is 13.2 Å². The maximum atomic E-state index is 13.0. The Balaban J connectivity index is 1.23. The van der Waals surface area contributed by atoms with Gasteiger partial charge in [0.15, 0.2) is 0 Å². The topological polar surface area (TPSA) is 79.4 Å². The van der Waals surface area contributed by atoms with E-state index in [0.29, 0.717) is 30.3 Å². The van der Waals surface area contributed by atoms with E-state index >= 15 is 0 Å². The number of aryl methyl sites for hydroxylation is 1. The van der Waals surface area contributed by atoms with Gasteiger partial charge in [0.25, 0.3) is 15.9 Å². The number of hydrogen-bond donors (Lipinski definition) is 1. The Labute approximate surface area is 203 Å². The average Bonchev–Trinajstić information content (AvgIpc) is 3.30. The molecule has 174 valence electrons. The third-order valence-electron chi connectivity index (χ3n) is 6.24. The second-order valence-electron chi connectivity index (χ2n) is 8.53. The number of thiazole rings is 1. The number of sulfonamides is 1. The van der Waals surface area contributed by atoms with E-state index in [-0.39, 0.29) is 10.8 Å². The summed E-state index contributed by atoms with van der Waals surface area (Å²) in [6.07, 6.45) is 1.75. The molecule has 6 nitrogen and oxygen atoms in total. The fourth-order valence-corrected chi connectivity index (χ4v) is 6.51. The van der Waals surface area contributed by atoms with Crippen molar-refractivity contribution < 1.29 is 13.2 Å². The molecule has 0 saturated carbocycles. The van der Waals surface area contributed by atoms with E-state index in [0.717, 1.165) is 28.9 Å². The van der Waals surface area contributed by atoms with E-state index in [2.05, 4.69) is 10.8 Å². The lowest BCUT2D eigenvalue weighted by Crippen LogP contribution is -2.37. The molecule has 0 radical (unpaired) electrons. The van der Waals surface area contributed by atoms with Crippen LogP contribution in [0.25, 0.3) is 10.2 Å². The normalized spacial score (nSPS) is 14.9. The number of hydrogen-bond acceptors (Lipinski definition) is 5. The smallest absolute Gasteiger partial charge is 0.261 e. The summed E-state index contributed by atoms with van der Waals surface area (Å²) in [7, 11) is -3.73. The standard InChI is InChI=1S/C26H25N3O3S2/c1-18-6-2-3-7-22(18)28-34(31,32)21-12-10-20(11-13-21)26(30)29-16-14-19(15-17-29)25-27-23-8-4-5-9-24(23)33-25/h2-13,19,28H,14-17H2,1H3. The Morgan fingerprint density at radius 1 is 0.971 bits per heavy atom. The van der Waals surface area contributed by atoms with E-state index < -0.39 is 10.0 Å². The first-order valence-corrected chi connectivity index (χ1v) is 13.5. The molecular weight excluding hydrogens is 466 g/mol. The van der Waals surface area contributed by atoms with Gasteiger partial charge in [-0.25, -0.2) is 13.4 Å². The Bertz CT molecular complexity index is 1400. The number of fused-ring (bicyclic) bond motifs is 1. The van der Waals surface area contributed by atoms with Crippen LogP contribution in [0, 0.1) is 6.92 Å². The molecule has 1 aliphatic heterocycles. The van der Waals surface area contributed by atoms with Crippen LogP contribution >= 0.6 is 11.3 Å². The SMILES string of the molecule is Cc1ccccc1NS(=O)(=O)c1ccc(C(=O)N2CCC(c3nc4ccccc4s3)CC2)cc1. The second-order valence-corrected chi connectivity index (χ2v) is 11.3. The van der Waals surface area contributed by atoms with Gasteiger partial charge in [0.2, 0.25) is 0 Å². The number of likely N-dealkylation sites (tertiary alicyclic amines) is 1. The van der Waals surface area contributed by atoms with Gasteiger partial charge >= 0.3 is 0 Å². The van der Waals surface area contributed by atoms with Crippen molar-refractivity contribution in [3.05, 3.63) is 88.9 Å². The Morgan fingerprint density at radius 2 is 1.65 bits per heavy atom. The van der Waals surface area contributed by atoms with Gasteiger partial charge in [0.05, 0.1) is 25.8 Å². The summed E-state index contributed by atoms with van der Waals surface area (Å²) < 4.78 is 29.3. The third kappa shape index (κ3) is 4.56. The summed E-state index contributed by atoms with van der Waals surface area (Å²) in [4.78, 5) is 19.8. The third-order valence-corrected chi connectivity index (χ3v) is 8.82. The number of aromatic nitrogens is 1. The quantitative estimate of drug-likeness (QED) is 0.404. The highest BCUT2D eigenvalue weighted by Crippen LogP contribution is 2.34. The summed E-state index contributed by atoms with van der Waals surface area (Å²) in [6, 6.07) is 21.5. The van der Waals surface area contributed by atoms with Crippen molar-refractivity contribution in [3.63, 3.8) is 0 Å². The molecule has 1 aromatic heterocycles. The zero-order valence-corrected chi connectivity index (χ0v) is 20.4. The molecular formula is C26H25N3O3S2. The van der Waals surface area contributed by atoms with Crippen LogP contribution in [0.15, 0.2) is 77.7 Å². The molecule has 0 bridgehead atoms. The summed E-state index contributed by atoms with van der Waals surface area (Å²) in [5.41, 5.74) is 2.91. The summed E-state index contributed by atoms with van der Waals surface area (Å²) in [5.74, 6) is 0.292. The molecule has 1 fully saturated rings. The van der Waals surface area contributed by atoms with E-state index in [1.54, 1.807) is 35.6 Å². The number of anilines is 1. The van der Waals surface area contributed by atoms with Crippen LogP contribution in [-0.2, 0) is 10.0 Å². The van der Waals surface area contributed by atoms with Crippen molar-refractivity contribution in [1.82, 2.24) is 9.88 Å². The predicted molar refractivity (Wildman–Crippen MR) is 136 cm³/mol. The second kappa shape index (κ2) is 9.19. The van der Waals surface area contributed by atoms with Crippen molar-refractivity contribution in [2.24, 2.45) is 0 Å². The monoisotopic (exact) mass is 491 g/mol. The van der Waals surface area contributed by atoms with Gasteiger partial charge in [-0.15, -0.1) is 11.3 Å². The van der Waals surface area contributed by atoms with E-state index in [1.807, 2.05) is 42.2 Å². The minimum Gasteiger partial charge on any atom is -0.339 e. The molecule has 0 unspecified atom stereocenters. The van der Waals surface area contributed by atoms with Crippen LogP contribution in [0.2, 0.25) is 0 Å². The highest BCUT2D eigenvalue weighted by molar-refractivity contribution is 7.92. The highest BCUT2D eigenvalue weighted by Gasteiger charge is 2.27. The number of carbonyl (C=O) groups is 1. The first-order chi connectivity index (χ1) is 16.4. The fraction of sp³-hybridized carbons (Fsp3) is 0.231. The number of rotatable bonds is 5. The molecule has 4 aromatic rings. The molecule has 8 heteroatoms. The first-order valence-electron chi connectivity index (χ1n) is 11.2. The molecule has 5 rings (SSSR count). The number of benzene rings is 3. The number of piperidine rings is 1. The molecule has 1 aliphatic rings. The molecule has 1 saturated heterocycles. The van der Waals surface area contributed by atoms with Crippen LogP contribution in [0.1, 0.15) is 39.7 Å². The van der Waals surface area contributed by atoms with Gasteiger partial charge in [-0.3, -0.25) is 9.52 Å². The molecule has 3 aromatic carbocycles. The zero-order chi connectivity index (χ0) is 23.7. The average molecular weight is 492 g/mol. The van der Waals surface area contributed by atoms with Gasteiger partial charge in [0, 0.05) is 24.6 Å². The zero-order valence-electron chi connectivity index (χ0n) is 18.8. The Kier molecular flexibility index (Phi) is 6.10. The molecule has 2 heterocycles. The van der Waals surface area contributed by atoms with E-state index in [4.69, 9.17) is 4.98 Å². The van der Waals surface area contributed by atoms with Crippen LogP contribution in [0.4, 0.5) is 5.69 Å². The van der Waals surface area contributed by atoms with Crippen molar-refractivity contribution in [3.8, 4) is 0 Å². The number of amides is 1. The predicted octanol–water partition coefficient (Wildman–Crippen LogP) is 5.43. The highest BCUT2D eigenvalue weighted by atomic mass is 32.2. The lowest BCUT2D eigenvalue weighted by molar-refractivity contribution is 0.0713. The molecule has 1 amide bonds. The number of nitrogens with zero attached hydrogens (tertiary/aromatic N) is 2. The molecule has 0 atom stereocenters. The summed E-state index contributed by atoms with van der Waals surface area (Å²) in [6.45, 7) is 3.17. The van der Waals surface area contributed by atoms with Crippen LogP contribution in [0.5, 0.6) is 0 Å². The number of para-hydroxylation sites is 2. The number of nitrogens with one attached hydrogen (secondary N) is 1. The minimum absolute atomic E-state index is 0.0708. The molecule has 1 N–H and O–H groups in total. The van der Waals surface area contributed by atoms with Crippen molar-refractivity contribution in [2.45, 2.75) is 30.6 Å². The van der Waals surface area contributed by atoms with Crippen molar-refractivity contribution in [2.75, 3.05) is 17.8 Å². The summed E-state index contributed by atoms with van der Waals surface area (Å²) >= 11 is 1.74. The fourth-order valence-electron chi connectivity index (χ4n) is 4.24. The lowest BCUT2D eigenvalue weighted by Gasteiger charge is -2.31. The van der Waals surface area contributed by atoms with Crippen molar-refractivity contribution in [1.29, 1.82) is 0 Å². The maximum Gasteiger partial charge on any atom is 0.261 e. The van der Waals surface area contributed by atoms with Gasteiger partial charge in [-0.2, -0.15) is 0 Å². The summed E-state index contributed by atoms with van der Waals surface area (Å²) in [5, 5.41) is 1.14. The molecule has 34 heavy (non-hydrogen) atoms. The molecule has 0 spiro atoms. The van der Waals surface area contributed by atoms with Gasteiger partial charge in [-0.05, 0) is 67.8 Å². The Morgan fingerprint density at radius 3 is 2.35 bits per heavy atom. The molecule has 0 aliphatic carbocycles. The van der Waals surface area contributed by atoms with Crippen LogP contribution < -0.4 is 4.72 Å². The van der Waals surface area contributed by atoms with E-state index in [1.165, 1.54) is 16.8 Å².